The second-order valence-corrected chi connectivity index (χ2v) is 5.42. The summed E-state index contributed by atoms with van der Waals surface area (Å²) >= 11 is 1.99. The number of thiophene rings is 1. The highest BCUT2D eigenvalue weighted by atomic mass is 32.1. The molecule has 0 saturated carbocycles. The monoisotopic (exact) mass is 195 g/mol. The van der Waals surface area contributed by atoms with Gasteiger partial charge in [0.1, 0.15) is 0 Å². The van der Waals surface area contributed by atoms with Gasteiger partial charge in [-0.1, -0.05) is 0 Å². The average molecular weight is 195 g/mol. The fourth-order valence-electron chi connectivity index (χ4n) is 1.76. The average Bonchev–Trinajstić information content (AvgIpc) is 2.61. The minimum Gasteiger partial charge on any atom is -0.310 e. The van der Waals surface area contributed by atoms with Crippen molar-refractivity contribution in [2.45, 2.75) is 38.6 Å². The number of hydrogen-bond acceptors (Lipinski definition) is 2. The van der Waals surface area contributed by atoms with Gasteiger partial charge < -0.3 is 5.32 Å². The highest BCUT2D eigenvalue weighted by Crippen LogP contribution is 2.35. The molecule has 1 aliphatic rings. The van der Waals surface area contributed by atoms with Crippen molar-refractivity contribution in [1.82, 2.24) is 5.32 Å². The van der Waals surface area contributed by atoms with Crippen molar-refractivity contribution in [3.8, 4) is 0 Å². The van der Waals surface area contributed by atoms with Gasteiger partial charge in [-0.3, -0.25) is 0 Å². The Balaban J connectivity index is 2.33. The third kappa shape index (κ3) is 1.53. The molecule has 1 aromatic rings. The second kappa shape index (κ2) is 3.10. The Morgan fingerprint density at radius 3 is 2.77 bits per heavy atom. The van der Waals surface area contributed by atoms with Gasteiger partial charge in [0.2, 0.25) is 0 Å². The Bertz CT molecular complexity index is 290. The van der Waals surface area contributed by atoms with Crippen molar-refractivity contribution in [3.63, 3.8) is 0 Å². The van der Waals surface area contributed by atoms with Gasteiger partial charge in [-0.05, 0) is 51.8 Å². The predicted octanol–water partition coefficient (Wildman–Crippen LogP) is 2.69. The lowest BCUT2D eigenvalue weighted by molar-refractivity contribution is 0.453. The molecule has 0 aromatic carbocycles. The molecule has 1 N–H and O–H groups in total. The van der Waals surface area contributed by atoms with Crippen LogP contribution in [-0.4, -0.2) is 7.05 Å². The summed E-state index contributed by atoms with van der Waals surface area (Å²) in [4.78, 5) is 3.11. The van der Waals surface area contributed by atoms with Crippen LogP contribution in [0.15, 0.2) is 6.07 Å². The minimum atomic E-state index is 0.148. The first kappa shape index (κ1) is 9.22. The van der Waals surface area contributed by atoms with Crippen LogP contribution in [0.4, 0.5) is 0 Å². The molecule has 0 radical (unpaired) electrons. The van der Waals surface area contributed by atoms with E-state index in [1.807, 2.05) is 18.4 Å². The maximum atomic E-state index is 3.36. The molecule has 0 amide bonds. The zero-order chi connectivity index (χ0) is 9.47. The van der Waals surface area contributed by atoms with Crippen molar-refractivity contribution >= 4 is 11.3 Å². The molecule has 0 bridgehead atoms. The first-order valence-corrected chi connectivity index (χ1v) is 5.76. The molecule has 1 heterocycles. The third-order valence-corrected chi connectivity index (χ3v) is 4.55. The highest BCUT2D eigenvalue weighted by molar-refractivity contribution is 7.12. The van der Waals surface area contributed by atoms with E-state index in [-0.39, 0.29) is 5.54 Å². The van der Waals surface area contributed by atoms with Gasteiger partial charge in [-0.2, -0.15) is 0 Å². The summed E-state index contributed by atoms with van der Waals surface area (Å²) in [5, 5.41) is 3.36. The lowest BCUT2D eigenvalue weighted by atomic mass is 10.0. The fraction of sp³-hybridized carbons (Fsp3) is 0.636. The summed E-state index contributed by atoms with van der Waals surface area (Å²) in [6.07, 6.45) is 3.97. The summed E-state index contributed by atoms with van der Waals surface area (Å²) in [7, 11) is 2.03. The molecule has 13 heavy (non-hydrogen) atoms. The predicted molar refractivity (Wildman–Crippen MR) is 58.4 cm³/mol. The topological polar surface area (TPSA) is 12.0 Å². The molecule has 72 valence electrons. The quantitative estimate of drug-likeness (QED) is 0.765. The maximum Gasteiger partial charge on any atom is 0.0469 e. The molecular formula is C11H17NS. The van der Waals surface area contributed by atoms with Crippen LogP contribution in [0.2, 0.25) is 0 Å². The van der Waals surface area contributed by atoms with E-state index >= 15 is 0 Å². The third-order valence-electron chi connectivity index (χ3n) is 2.99. The summed E-state index contributed by atoms with van der Waals surface area (Å²) in [6.45, 7) is 4.49. The van der Waals surface area contributed by atoms with Crippen LogP contribution in [-0.2, 0) is 18.4 Å². The molecule has 0 saturated heterocycles. The SMILES string of the molecule is CNC(C)(C)c1cc2c(s1)CCC2. The first-order valence-electron chi connectivity index (χ1n) is 4.94. The number of rotatable bonds is 2. The molecule has 1 nitrogen and oxygen atoms in total. The standard InChI is InChI=1S/C11H17NS/c1-11(2,12-3)10-7-8-5-4-6-9(8)13-10/h7,12H,4-6H2,1-3H3. The van der Waals surface area contributed by atoms with Crippen LogP contribution in [0.3, 0.4) is 0 Å². The molecule has 0 atom stereocenters. The highest BCUT2D eigenvalue weighted by Gasteiger charge is 2.23. The molecule has 2 rings (SSSR count). The van der Waals surface area contributed by atoms with E-state index in [1.165, 1.54) is 24.1 Å². The number of fused-ring (bicyclic) bond motifs is 1. The van der Waals surface area contributed by atoms with E-state index in [2.05, 4.69) is 25.2 Å². The molecule has 1 aliphatic carbocycles. The van der Waals surface area contributed by atoms with Crippen LogP contribution in [0.1, 0.15) is 35.6 Å². The largest absolute Gasteiger partial charge is 0.310 e. The Hall–Kier alpha value is -0.340. The molecule has 0 unspecified atom stereocenters. The molecule has 0 spiro atoms. The van der Waals surface area contributed by atoms with E-state index in [1.54, 1.807) is 10.4 Å². The smallest absolute Gasteiger partial charge is 0.0469 e. The van der Waals surface area contributed by atoms with Gasteiger partial charge in [0.25, 0.3) is 0 Å². The van der Waals surface area contributed by atoms with Crippen LogP contribution in [0.5, 0.6) is 0 Å². The molecule has 0 fully saturated rings. The molecule has 0 aliphatic heterocycles. The van der Waals surface area contributed by atoms with Gasteiger partial charge in [-0.25, -0.2) is 0 Å². The Kier molecular flexibility index (Phi) is 2.20. The Labute approximate surface area is 84.2 Å². The van der Waals surface area contributed by atoms with Crippen molar-refractivity contribution in [3.05, 3.63) is 21.4 Å². The second-order valence-electron chi connectivity index (χ2n) is 4.29. The van der Waals surface area contributed by atoms with Crippen molar-refractivity contribution in [1.29, 1.82) is 0 Å². The lowest BCUT2D eigenvalue weighted by Crippen LogP contribution is -2.32. The molecule has 2 heteroatoms. The van der Waals surface area contributed by atoms with Crippen LogP contribution >= 0.6 is 11.3 Å². The Morgan fingerprint density at radius 2 is 2.15 bits per heavy atom. The van der Waals surface area contributed by atoms with Crippen molar-refractivity contribution in [2.24, 2.45) is 0 Å². The summed E-state index contributed by atoms with van der Waals surface area (Å²) in [5.74, 6) is 0. The van der Waals surface area contributed by atoms with E-state index in [4.69, 9.17) is 0 Å². The Morgan fingerprint density at radius 1 is 1.38 bits per heavy atom. The fourth-order valence-corrected chi connectivity index (χ4v) is 3.12. The van der Waals surface area contributed by atoms with E-state index in [0.717, 1.165) is 0 Å². The number of aryl methyl sites for hydroxylation is 2. The van der Waals surface area contributed by atoms with Crippen LogP contribution in [0, 0.1) is 0 Å². The van der Waals surface area contributed by atoms with Crippen molar-refractivity contribution in [2.75, 3.05) is 7.05 Å². The minimum absolute atomic E-state index is 0.148. The van der Waals surface area contributed by atoms with E-state index in [0.29, 0.717) is 0 Å². The van der Waals surface area contributed by atoms with Gasteiger partial charge >= 0.3 is 0 Å². The summed E-state index contributed by atoms with van der Waals surface area (Å²) in [6, 6.07) is 2.39. The van der Waals surface area contributed by atoms with Gasteiger partial charge in [0.15, 0.2) is 0 Å². The first-order chi connectivity index (χ1) is 6.13. The molecular weight excluding hydrogens is 178 g/mol. The van der Waals surface area contributed by atoms with Crippen molar-refractivity contribution < 1.29 is 0 Å². The van der Waals surface area contributed by atoms with Gasteiger partial charge in [-0.15, -0.1) is 11.3 Å². The summed E-state index contributed by atoms with van der Waals surface area (Å²) in [5.41, 5.74) is 1.75. The zero-order valence-electron chi connectivity index (χ0n) is 8.61. The zero-order valence-corrected chi connectivity index (χ0v) is 9.42. The number of hydrogen-bond donors (Lipinski definition) is 1. The van der Waals surface area contributed by atoms with E-state index < -0.39 is 0 Å². The maximum absolute atomic E-state index is 3.36. The van der Waals surface area contributed by atoms with Gasteiger partial charge in [0.05, 0.1) is 0 Å². The molecule has 1 aromatic heterocycles. The number of nitrogens with one attached hydrogen (secondary N) is 1. The summed E-state index contributed by atoms with van der Waals surface area (Å²) < 4.78 is 0. The normalized spacial score (nSPS) is 16.2. The van der Waals surface area contributed by atoms with Crippen LogP contribution in [0.25, 0.3) is 0 Å². The van der Waals surface area contributed by atoms with E-state index in [9.17, 15) is 0 Å². The van der Waals surface area contributed by atoms with Gasteiger partial charge in [0, 0.05) is 15.3 Å². The lowest BCUT2D eigenvalue weighted by Gasteiger charge is -2.22. The van der Waals surface area contributed by atoms with Crippen LogP contribution < -0.4 is 5.32 Å².